The molecule has 0 fully saturated rings. The second-order valence-electron chi connectivity index (χ2n) is 4.64. The van der Waals surface area contributed by atoms with Crippen LogP contribution in [0.25, 0.3) is 6.08 Å². The van der Waals surface area contributed by atoms with Crippen LogP contribution in [0.4, 0.5) is 0 Å². The fourth-order valence-corrected chi connectivity index (χ4v) is 2.04. The summed E-state index contributed by atoms with van der Waals surface area (Å²) in [6.07, 6.45) is 3.37. The van der Waals surface area contributed by atoms with Crippen LogP contribution >= 0.6 is 0 Å². The van der Waals surface area contributed by atoms with Crippen molar-refractivity contribution in [2.45, 2.75) is 13.8 Å². The standard InChI is InChI=1S/C19H20O3/c1-3-21-18-13-11-16(14-19(18)22-4-2)17(20)12-10-15-8-6-5-7-9-15/h5-14H,3-4H2,1-2H3/b12-10+. The van der Waals surface area contributed by atoms with Gasteiger partial charge in [-0.05, 0) is 43.7 Å². The molecule has 0 aromatic heterocycles. The Bertz CT molecular complexity index is 645. The van der Waals surface area contributed by atoms with Crippen molar-refractivity contribution < 1.29 is 14.3 Å². The quantitative estimate of drug-likeness (QED) is 0.562. The maximum absolute atomic E-state index is 12.3. The number of rotatable bonds is 7. The molecule has 2 aromatic carbocycles. The van der Waals surface area contributed by atoms with Gasteiger partial charge in [-0.1, -0.05) is 36.4 Å². The van der Waals surface area contributed by atoms with Gasteiger partial charge in [0, 0.05) is 5.56 Å². The Balaban J connectivity index is 2.19. The molecule has 0 N–H and O–H groups in total. The van der Waals surface area contributed by atoms with Crippen LogP contribution in [0.2, 0.25) is 0 Å². The highest BCUT2D eigenvalue weighted by Crippen LogP contribution is 2.28. The monoisotopic (exact) mass is 296 g/mol. The lowest BCUT2D eigenvalue weighted by atomic mass is 10.1. The zero-order chi connectivity index (χ0) is 15.8. The van der Waals surface area contributed by atoms with Crippen molar-refractivity contribution in [1.82, 2.24) is 0 Å². The minimum Gasteiger partial charge on any atom is -0.490 e. The smallest absolute Gasteiger partial charge is 0.185 e. The van der Waals surface area contributed by atoms with Crippen LogP contribution in [0.1, 0.15) is 29.8 Å². The molecule has 0 unspecified atom stereocenters. The topological polar surface area (TPSA) is 35.5 Å². The second kappa shape index (κ2) is 8.03. The van der Waals surface area contributed by atoms with E-state index in [0.29, 0.717) is 30.3 Å². The Morgan fingerprint density at radius 2 is 1.64 bits per heavy atom. The predicted molar refractivity (Wildman–Crippen MR) is 88.6 cm³/mol. The maximum atomic E-state index is 12.3. The van der Waals surface area contributed by atoms with Gasteiger partial charge in [0.2, 0.25) is 0 Å². The van der Waals surface area contributed by atoms with Gasteiger partial charge in [0.1, 0.15) is 0 Å². The molecule has 0 atom stereocenters. The Morgan fingerprint density at radius 1 is 0.955 bits per heavy atom. The number of ketones is 1. The summed E-state index contributed by atoms with van der Waals surface area (Å²) in [5, 5.41) is 0. The van der Waals surface area contributed by atoms with Crippen molar-refractivity contribution in [3.8, 4) is 11.5 Å². The van der Waals surface area contributed by atoms with Crippen LogP contribution in [0.15, 0.2) is 54.6 Å². The molecule has 0 bridgehead atoms. The van der Waals surface area contributed by atoms with Crippen LogP contribution in [-0.2, 0) is 0 Å². The summed E-state index contributed by atoms with van der Waals surface area (Å²) in [5.41, 5.74) is 1.57. The first-order valence-electron chi connectivity index (χ1n) is 7.41. The third kappa shape index (κ3) is 4.22. The van der Waals surface area contributed by atoms with E-state index >= 15 is 0 Å². The van der Waals surface area contributed by atoms with Crippen LogP contribution in [-0.4, -0.2) is 19.0 Å². The second-order valence-corrected chi connectivity index (χ2v) is 4.64. The third-order valence-corrected chi connectivity index (χ3v) is 3.05. The summed E-state index contributed by atoms with van der Waals surface area (Å²) in [7, 11) is 0. The molecule has 0 radical (unpaired) electrons. The minimum atomic E-state index is -0.0622. The van der Waals surface area contributed by atoms with Crippen LogP contribution in [0, 0.1) is 0 Å². The highest BCUT2D eigenvalue weighted by molar-refractivity contribution is 6.07. The minimum absolute atomic E-state index is 0.0622. The molecule has 0 aliphatic heterocycles. The van der Waals surface area contributed by atoms with Gasteiger partial charge < -0.3 is 9.47 Å². The molecular weight excluding hydrogens is 276 g/mol. The van der Waals surface area contributed by atoms with E-state index in [0.717, 1.165) is 5.56 Å². The zero-order valence-electron chi connectivity index (χ0n) is 12.9. The van der Waals surface area contributed by atoms with Gasteiger partial charge in [0.25, 0.3) is 0 Å². The molecule has 0 aliphatic rings. The molecule has 114 valence electrons. The third-order valence-electron chi connectivity index (χ3n) is 3.05. The lowest BCUT2D eigenvalue weighted by Gasteiger charge is -2.11. The maximum Gasteiger partial charge on any atom is 0.185 e. The van der Waals surface area contributed by atoms with Crippen LogP contribution < -0.4 is 9.47 Å². The average molecular weight is 296 g/mol. The fourth-order valence-electron chi connectivity index (χ4n) is 2.04. The molecule has 0 spiro atoms. The van der Waals surface area contributed by atoms with Gasteiger partial charge in [-0.3, -0.25) is 4.79 Å². The Hall–Kier alpha value is -2.55. The van der Waals surface area contributed by atoms with Gasteiger partial charge in [-0.2, -0.15) is 0 Å². The number of ether oxygens (including phenoxy) is 2. The first-order chi connectivity index (χ1) is 10.7. The molecule has 3 heteroatoms. The molecule has 0 aliphatic carbocycles. The summed E-state index contributed by atoms with van der Waals surface area (Å²) >= 11 is 0. The van der Waals surface area contributed by atoms with Gasteiger partial charge in [-0.25, -0.2) is 0 Å². The predicted octanol–water partition coefficient (Wildman–Crippen LogP) is 4.38. The number of hydrogen-bond donors (Lipinski definition) is 0. The van der Waals surface area contributed by atoms with Gasteiger partial charge >= 0.3 is 0 Å². The number of carbonyl (C=O) groups excluding carboxylic acids is 1. The van der Waals surface area contributed by atoms with E-state index in [-0.39, 0.29) is 5.78 Å². The van der Waals surface area contributed by atoms with Crippen molar-refractivity contribution in [3.63, 3.8) is 0 Å². The SMILES string of the molecule is CCOc1ccc(C(=O)/C=C/c2ccccc2)cc1OCC. The highest BCUT2D eigenvalue weighted by Gasteiger charge is 2.09. The van der Waals surface area contributed by atoms with E-state index in [1.165, 1.54) is 0 Å². The Kier molecular flexibility index (Phi) is 5.78. The summed E-state index contributed by atoms with van der Waals surface area (Å²) < 4.78 is 11.0. The number of hydrogen-bond acceptors (Lipinski definition) is 3. The summed E-state index contributed by atoms with van der Waals surface area (Å²) in [4.78, 5) is 12.3. The largest absolute Gasteiger partial charge is 0.490 e. The van der Waals surface area contributed by atoms with Gasteiger partial charge in [-0.15, -0.1) is 0 Å². The molecule has 0 amide bonds. The van der Waals surface area contributed by atoms with Gasteiger partial charge in [0.05, 0.1) is 13.2 Å². The number of allylic oxidation sites excluding steroid dienone is 1. The summed E-state index contributed by atoms with van der Waals surface area (Å²) in [6.45, 7) is 4.90. The summed E-state index contributed by atoms with van der Waals surface area (Å²) in [6, 6.07) is 15.0. The zero-order valence-corrected chi connectivity index (χ0v) is 12.9. The normalized spacial score (nSPS) is 10.6. The van der Waals surface area contributed by atoms with E-state index < -0.39 is 0 Å². The lowest BCUT2D eigenvalue weighted by Crippen LogP contribution is -2.01. The first-order valence-corrected chi connectivity index (χ1v) is 7.41. The summed E-state index contributed by atoms with van der Waals surface area (Å²) in [5.74, 6) is 1.20. The molecule has 0 heterocycles. The fraction of sp³-hybridized carbons (Fsp3) is 0.211. The van der Waals surface area contributed by atoms with Crippen molar-refractivity contribution >= 4 is 11.9 Å². The first kappa shape index (κ1) is 15.8. The number of benzene rings is 2. The van der Waals surface area contributed by atoms with E-state index in [2.05, 4.69) is 0 Å². The van der Waals surface area contributed by atoms with Crippen molar-refractivity contribution in [3.05, 3.63) is 65.7 Å². The number of carbonyl (C=O) groups is 1. The van der Waals surface area contributed by atoms with E-state index in [1.54, 1.807) is 30.4 Å². The highest BCUT2D eigenvalue weighted by atomic mass is 16.5. The molecule has 0 saturated heterocycles. The molecule has 22 heavy (non-hydrogen) atoms. The van der Waals surface area contributed by atoms with Crippen LogP contribution in [0.3, 0.4) is 0 Å². The van der Waals surface area contributed by atoms with Crippen molar-refractivity contribution in [2.24, 2.45) is 0 Å². The van der Waals surface area contributed by atoms with Crippen molar-refractivity contribution in [2.75, 3.05) is 13.2 Å². The van der Waals surface area contributed by atoms with Crippen molar-refractivity contribution in [1.29, 1.82) is 0 Å². The molecule has 0 saturated carbocycles. The van der Waals surface area contributed by atoms with Crippen LogP contribution in [0.5, 0.6) is 11.5 Å². The Morgan fingerprint density at radius 3 is 2.32 bits per heavy atom. The van der Waals surface area contributed by atoms with E-state index in [9.17, 15) is 4.79 Å². The molecule has 2 rings (SSSR count). The average Bonchev–Trinajstić information content (AvgIpc) is 2.55. The van der Waals surface area contributed by atoms with E-state index in [1.807, 2.05) is 44.2 Å². The van der Waals surface area contributed by atoms with Gasteiger partial charge in [0.15, 0.2) is 17.3 Å². The molecular formula is C19H20O3. The molecule has 2 aromatic rings. The molecule has 3 nitrogen and oxygen atoms in total. The lowest BCUT2D eigenvalue weighted by molar-refractivity contribution is 0.104. The van der Waals surface area contributed by atoms with E-state index in [4.69, 9.17) is 9.47 Å². The Labute approximate surface area is 131 Å².